The second-order valence-corrected chi connectivity index (χ2v) is 7.14. The maximum absolute atomic E-state index is 11.7. The molecule has 3 saturated heterocycles. The van der Waals surface area contributed by atoms with Crippen LogP contribution in [0.1, 0.15) is 31.9 Å². The van der Waals surface area contributed by atoms with E-state index in [0.29, 0.717) is 0 Å². The Morgan fingerprint density at radius 1 is 1.10 bits per heavy atom. The van der Waals surface area contributed by atoms with Gasteiger partial charge in [0.1, 0.15) is 18.3 Å². The summed E-state index contributed by atoms with van der Waals surface area (Å²) < 4.78 is 16.5. The van der Waals surface area contributed by atoms with E-state index < -0.39 is 36.7 Å². The van der Waals surface area contributed by atoms with Crippen LogP contribution >= 0.6 is 0 Å². The van der Waals surface area contributed by atoms with Crippen LogP contribution in [0.2, 0.25) is 0 Å². The van der Waals surface area contributed by atoms with E-state index in [1.54, 1.807) is 0 Å². The van der Waals surface area contributed by atoms with E-state index in [4.69, 9.17) is 25.1 Å². The van der Waals surface area contributed by atoms with Crippen LogP contribution < -0.4 is 11.3 Å². The number of imidazole rings is 1. The first kappa shape index (κ1) is 22.6. The molecule has 3 aliphatic rings. The Bertz CT molecular complexity index is 824. The molecule has 12 nitrogen and oxygen atoms in total. The maximum atomic E-state index is 11.7. The fourth-order valence-electron chi connectivity index (χ4n) is 3.26. The number of nitrogens with zero attached hydrogens (tertiary/aromatic N) is 3. The minimum Gasteiger partial charge on any atom is -0.394 e. The Morgan fingerprint density at radius 3 is 2.17 bits per heavy atom. The van der Waals surface area contributed by atoms with Gasteiger partial charge in [0.05, 0.1) is 12.9 Å². The van der Waals surface area contributed by atoms with Crippen LogP contribution in [0.4, 0.5) is 5.95 Å². The predicted octanol–water partition coefficient (Wildman–Crippen LogP) is -1.09. The zero-order valence-corrected chi connectivity index (χ0v) is 16.6. The number of H-pyrrole nitrogens is 1. The molecule has 168 valence electrons. The van der Waals surface area contributed by atoms with Gasteiger partial charge in [0.2, 0.25) is 5.95 Å². The van der Waals surface area contributed by atoms with Crippen LogP contribution in [-0.4, -0.2) is 86.2 Å². The van der Waals surface area contributed by atoms with Gasteiger partial charge in [0.25, 0.3) is 5.56 Å². The average Bonchev–Trinajstić information content (AvgIpc) is 3.54. The molecular formula is C18H29N5O7. The van der Waals surface area contributed by atoms with E-state index in [1.807, 2.05) is 0 Å². The van der Waals surface area contributed by atoms with Gasteiger partial charge < -0.3 is 35.3 Å². The van der Waals surface area contributed by atoms with Crippen LogP contribution in [0.15, 0.2) is 11.1 Å². The number of aromatic nitrogens is 4. The Hall–Kier alpha value is -2.09. The summed E-state index contributed by atoms with van der Waals surface area (Å²) in [4.78, 5) is 21.8. The Labute approximate surface area is 172 Å². The Morgan fingerprint density at radius 2 is 1.70 bits per heavy atom. The number of rotatable bonds is 2. The summed E-state index contributed by atoms with van der Waals surface area (Å²) in [6, 6.07) is 0. The van der Waals surface area contributed by atoms with Gasteiger partial charge in [0.15, 0.2) is 17.4 Å². The van der Waals surface area contributed by atoms with Crippen molar-refractivity contribution in [3.05, 3.63) is 16.7 Å². The number of nitrogens with two attached hydrogens (primary N) is 1. The monoisotopic (exact) mass is 427 g/mol. The predicted molar refractivity (Wildman–Crippen MR) is 106 cm³/mol. The largest absolute Gasteiger partial charge is 0.394 e. The lowest BCUT2D eigenvalue weighted by Gasteiger charge is -2.16. The molecule has 2 aromatic rings. The van der Waals surface area contributed by atoms with Crippen LogP contribution in [0.3, 0.4) is 0 Å². The summed E-state index contributed by atoms with van der Waals surface area (Å²) in [5.74, 6) is -0.101. The first-order chi connectivity index (χ1) is 14.5. The lowest BCUT2D eigenvalue weighted by molar-refractivity contribution is -0.0511. The van der Waals surface area contributed by atoms with Crippen molar-refractivity contribution in [1.82, 2.24) is 19.5 Å². The van der Waals surface area contributed by atoms with Crippen LogP contribution in [0.25, 0.3) is 11.2 Å². The molecule has 0 radical (unpaired) electrons. The smallest absolute Gasteiger partial charge is 0.280 e. The molecule has 0 bridgehead atoms. The van der Waals surface area contributed by atoms with Crippen molar-refractivity contribution in [3.8, 4) is 0 Å². The molecule has 3 fully saturated rings. The molecule has 3 aliphatic heterocycles. The third-order valence-corrected chi connectivity index (χ3v) is 4.90. The number of aliphatic hydroxyl groups is 3. The van der Waals surface area contributed by atoms with Gasteiger partial charge >= 0.3 is 0 Å². The quantitative estimate of drug-likeness (QED) is 0.395. The summed E-state index contributed by atoms with van der Waals surface area (Å²) in [5.41, 5.74) is 5.12. The molecule has 12 heteroatoms. The normalized spacial score (nSPS) is 28.1. The molecular weight excluding hydrogens is 398 g/mol. The number of ether oxygens (including phenoxy) is 3. The third-order valence-electron chi connectivity index (χ3n) is 4.90. The van der Waals surface area contributed by atoms with E-state index in [-0.39, 0.29) is 17.1 Å². The van der Waals surface area contributed by atoms with E-state index in [2.05, 4.69) is 15.0 Å². The minimum absolute atomic E-state index is 0.0388. The van der Waals surface area contributed by atoms with Crippen molar-refractivity contribution >= 4 is 17.1 Å². The molecule has 5 heterocycles. The number of aromatic amines is 1. The molecule has 0 unspecified atom stereocenters. The van der Waals surface area contributed by atoms with Crippen molar-refractivity contribution < 1.29 is 29.5 Å². The average molecular weight is 427 g/mol. The number of hydrogen-bond donors (Lipinski definition) is 5. The van der Waals surface area contributed by atoms with E-state index in [0.717, 1.165) is 26.4 Å². The molecule has 0 saturated carbocycles. The van der Waals surface area contributed by atoms with Gasteiger partial charge in [-0.25, -0.2) is 4.98 Å². The second-order valence-electron chi connectivity index (χ2n) is 7.14. The van der Waals surface area contributed by atoms with Crippen molar-refractivity contribution in [3.63, 3.8) is 0 Å². The maximum Gasteiger partial charge on any atom is 0.280 e. The van der Waals surface area contributed by atoms with Crippen LogP contribution in [-0.2, 0) is 14.2 Å². The highest BCUT2D eigenvalue weighted by atomic mass is 16.6. The topological polar surface area (TPSA) is 178 Å². The van der Waals surface area contributed by atoms with Crippen LogP contribution in [0.5, 0.6) is 0 Å². The van der Waals surface area contributed by atoms with Gasteiger partial charge in [-0.3, -0.25) is 14.3 Å². The highest BCUT2D eigenvalue weighted by Gasteiger charge is 2.44. The molecule has 5 rings (SSSR count). The zero-order chi connectivity index (χ0) is 21.5. The fraction of sp³-hybridized carbons (Fsp3) is 0.722. The SMILES string of the molecule is C1CCOC1.C1CCOC1.Nc1nc2c(ncn2[C@@H]2O[C@H](CO)[C@@H](O)[C@H]2O)c(=O)[nH]1. The molecule has 2 aromatic heterocycles. The first-order valence-electron chi connectivity index (χ1n) is 10.0. The number of anilines is 1. The molecule has 0 amide bonds. The molecule has 0 spiro atoms. The molecule has 6 N–H and O–H groups in total. The standard InChI is InChI=1S/C10H13N5O5.2C4H8O/c11-10-13-7-4(8(19)14-10)12-2-15(7)9-6(18)5(17)3(1-16)20-9;2*1-2-4-5-3-1/h2-3,5-6,9,16-18H,1H2,(H3,11,13,14,19);2*1-4H2/t3-,5-,6-,9-;;/m1../s1. The van der Waals surface area contributed by atoms with E-state index >= 15 is 0 Å². The van der Waals surface area contributed by atoms with Crippen LogP contribution in [0, 0.1) is 0 Å². The molecule has 0 aromatic carbocycles. The van der Waals surface area contributed by atoms with Crippen molar-refractivity contribution in [2.75, 3.05) is 38.8 Å². The van der Waals surface area contributed by atoms with Gasteiger partial charge in [-0.1, -0.05) is 0 Å². The number of aliphatic hydroxyl groups excluding tert-OH is 3. The summed E-state index contributed by atoms with van der Waals surface area (Å²) in [6.07, 6.45) is 1.90. The number of nitrogen functional groups attached to an aromatic ring is 1. The minimum atomic E-state index is -1.29. The van der Waals surface area contributed by atoms with Gasteiger partial charge in [-0.2, -0.15) is 4.98 Å². The van der Waals surface area contributed by atoms with E-state index in [1.165, 1.54) is 36.6 Å². The summed E-state index contributed by atoms with van der Waals surface area (Å²) in [7, 11) is 0. The first-order valence-corrected chi connectivity index (χ1v) is 10.0. The Kier molecular flexibility index (Phi) is 8.13. The molecule has 30 heavy (non-hydrogen) atoms. The van der Waals surface area contributed by atoms with E-state index in [9.17, 15) is 15.0 Å². The summed E-state index contributed by atoms with van der Waals surface area (Å²) in [6.45, 7) is 3.55. The number of fused-ring (bicyclic) bond motifs is 1. The van der Waals surface area contributed by atoms with Crippen molar-refractivity contribution in [2.24, 2.45) is 0 Å². The lowest BCUT2D eigenvalue weighted by Crippen LogP contribution is -2.33. The Balaban J connectivity index is 0.000000208. The molecule has 4 atom stereocenters. The third kappa shape index (κ3) is 5.33. The van der Waals surface area contributed by atoms with Crippen molar-refractivity contribution in [1.29, 1.82) is 0 Å². The molecule has 0 aliphatic carbocycles. The highest BCUT2D eigenvalue weighted by Crippen LogP contribution is 2.30. The zero-order valence-electron chi connectivity index (χ0n) is 16.6. The second kappa shape index (κ2) is 10.8. The van der Waals surface area contributed by atoms with Gasteiger partial charge in [-0.15, -0.1) is 0 Å². The fourth-order valence-corrected chi connectivity index (χ4v) is 3.26. The van der Waals surface area contributed by atoms with Crippen molar-refractivity contribution in [2.45, 2.75) is 50.2 Å². The number of nitrogens with one attached hydrogen (secondary N) is 1. The van der Waals surface area contributed by atoms with Gasteiger partial charge in [-0.05, 0) is 25.7 Å². The number of hydrogen-bond acceptors (Lipinski definition) is 10. The summed E-state index contributed by atoms with van der Waals surface area (Å²) in [5, 5.41) is 28.7. The lowest BCUT2D eigenvalue weighted by atomic mass is 10.1. The summed E-state index contributed by atoms with van der Waals surface area (Å²) >= 11 is 0. The highest BCUT2D eigenvalue weighted by molar-refractivity contribution is 5.70. The van der Waals surface area contributed by atoms with Gasteiger partial charge in [0, 0.05) is 26.4 Å².